The molecule has 3 heterocycles. The van der Waals surface area contributed by atoms with Crippen molar-refractivity contribution in [3.05, 3.63) is 38.8 Å². The van der Waals surface area contributed by atoms with Gasteiger partial charge in [0.25, 0.3) is 0 Å². The van der Waals surface area contributed by atoms with Crippen LogP contribution in [0.5, 0.6) is 11.5 Å². The Morgan fingerprint density at radius 2 is 2.00 bits per heavy atom. The summed E-state index contributed by atoms with van der Waals surface area (Å²) in [4.78, 5) is 14.7. The molecule has 0 aliphatic carbocycles. The number of thiophene rings is 1. The van der Waals surface area contributed by atoms with Crippen molar-refractivity contribution in [1.82, 2.24) is 0 Å². The summed E-state index contributed by atoms with van der Waals surface area (Å²) in [7, 11) is 1.47. The van der Waals surface area contributed by atoms with E-state index >= 15 is 0 Å². The molecule has 1 fully saturated rings. The van der Waals surface area contributed by atoms with Gasteiger partial charge in [0.2, 0.25) is 5.43 Å². The molecule has 0 atom stereocenters. The highest BCUT2D eigenvalue weighted by atomic mass is 35.5. The number of fused-ring (bicyclic) bond motifs is 1. The van der Waals surface area contributed by atoms with Gasteiger partial charge < -0.3 is 19.2 Å². The molecule has 0 unspecified atom stereocenters. The first kappa shape index (κ1) is 17.2. The van der Waals surface area contributed by atoms with Gasteiger partial charge in [-0.25, -0.2) is 0 Å². The van der Waals surface area contributed by atoms with E-state index in [-0.39, 0.29) is 22.0 Å². The van der Waals surface area contributed by atoms with Gasteiger partial charge in [0.1, 0.15) is 4.70 Å². The molecule has 26 heavy (non-hydrogen) atoms. The van der Waals surface area contributed by atoms with Crippen molar-refractivity contribution in [1.29, 1.82) is 0 Å². The second-order valence-corrected chi connectivity index (χ2v) is 7.60. The maximum absolute atomic E-state index is 12.6. The molecule has 4 rings (SSSR count). The van der Waals surface area contributed by atoms with Crippen LogP contribution in [0.4, 0.5) is 5.88 Å². The summed E-state index contributed by atoms with van der Waals surface area (Å²) in [6.45, 7) is 1.79. The second kappa shape index (κ2) is 6.85. The lowest BCUT2D eigenvalue weighted by Crippen LogP contribution is -2.29. The summed E-state index contributed by atoms with van der Waals surface area (Å²) in [6.07, 6.45) is 3.41. The molecule has 2 aromatic heterocycles. The minimum Gasteiger partial charge on any atom is -0.503 e. The average molecular weight is 392 g/mol. The van der Waals surface area contributed by atoms with Gasteiger partial charge in [-0.05, 0) is 37.0 Å². The van der Waals surface area contributed by atoms with E-state index < -0.39 is 0 Å². The summed E-state index contributed by atoms with van der Waals surface area (Å²) in [6, 6.07) is 4.92. The van der Waals surface area contributed by atoms with E-state index in [4.69, 9.17) is 20.8 Å². The molecule has 1 saturated heterocycles. The Morgan fingerprint density at radius 3 is 2.73 bits per heavy atom. The van der Waals surface area contributed by atoms with Crippen molar-refractivity contribution < 1.29 is 14.3 Å². The first-order valence-corrected chi connectivity index (χ1v) is 9.71. The average Bonchev–Trinajstić information content (AvgIpc) is 3.09. The van der Waals surface area contributed by atoms with E-state index in [0.717, 1.165) is 37.1 Å². The quantitative estimate of drug-likeness (QED) is 0.689. The van der Waals surface area contributed by atoms with Gasteiger partial charge in [0.15, 0.2) is 23.0 Å². The van der Waals surface area contributed by atoms with Gasteiger partial charge >= 0.3 is 0 Å². The molecule has 1 aliphatic rings. The fourth-order valence-electron chi connectivity index (χ4n) is 3.28. The van der Waals surface area contributed by atoms with E-state index in [9.17, 15) is 9.90 Å². The number of phenols is 1. The van der Waals surface area contributed by atoms with Crippen LogP contribution in [0.2, 0.25) is 5.02 Å². The summed E-state index contributed by atoms with van der Waals surface area (Å²) in [5.74, 6) is 0.785. The number of benzene rings is 1. The van der Waals surface area contributed by atoms with Crippen molar-refractivity contribution >= 4 is 39.1 Å². The smallest absolute Gasteiger partial charge is 0.204 e. The molecule has 0 spiro atoms. The Balaban J connectivity index is 1.87. The number of anilines is 1. The van der Waals surface area contributed by atoms with Crippen molar-refractivity contribution in [3.8, 4) is 22.6 Å². The number of methoxy groups -OCH3 is 1. The molecule has 1 aliphatic heterocycles. The third kappa shape index (κ3) is 2.93. The van der Waals surface area contributed by atoms with Gasteiger partial charge in [-0.1, -0.05) is 11.6 Å². The number of hydrogen-bond acceptors (Lipinski definition) is 6. The van der Waals surface area contributed by atoms with Crippen LogP contribution >= 0.6 is 22.9 Å². The first-order chi connectivity index (χ1) is 12.6. The number of phenolic OH excluding ortho intramolecular Hbond substituents is 1. The third-order valence-corrected chi connectivity index (χ3v) is 5.92. The number of aromatic hydroxyl groups is 1. The largest absolute Gasteiger partial charge is 0.503 e. The number of rotatable bonds is 3. The molecule has 7 heteroatoms. The van der Waals surface area contributed by atoms with E-state index in [0.29, 0.717) is 16.2 Å². The van der Waals surface area contributed by atoms with Crippen molar-refractivity contribution in [3.63, 3.8) is 0 Å². The van der Waals surface area contributed by atoms with Crippen LogP contribution in [0.15, 0.2) is 32.8 Å². The summed E-state index contributed by atoms with van der Waals surface area (Å²) < 4.78 is 11.9. The highest BCUT2D eigenvalue weighted by Gasteiger charge is 2.19. The van der Waals surface area contributed by atoms with Crippen molar-refractivity contribution in [2.45, 2.75) is 19.3 Å². The minimum atomic E-state index is -0.104. The predicted octanol–water partition coefficient (Wildman–Crippen LogP) is 4.88. The highest BCUT2D eigenvalue weighted by Crippen LogP contribution is 2.42. The Morgan fingerprint density at radius 1 is 1.23 bits per heavy atom. The maximum atomic E-state index is 12.6. The zero-order chi connectivity index (χ0) is 18.3. The molecule has 136 valence electrons. The van der Waals surface area contributed by atoms with E-state index in [1.54, 1.807) is 18.2 Å². The van der Waals surface area contributed by atoms with Gasteiger partial charge in [0.05, 0.1) is 12.1 Å². The number of ether oxygens (including phenoxy) is 1. The molecule has 0 saturated carbocycles. The molecule has 0 bridgehead atoms. The van der Waals surface area contributed by atoms with Gasteiger partial charge in [-0.3, -0.25) is 4.79 Å². The zero-order valence-electron chi connectivity index (χ0n) is 14.3. The molecule has 0 amide bonds. The number of piperidine rings is 1. The van der Waals surface area contributed by atoms with Crippen LogP contribution in [-0.2, 0) is 0 Å². The number of hydrogen-bond donors (Lipinski definition) is 1. The van der Waals surface area contributed by atoms with E-state index in [2.05, 4.69) is 4.90 Å². The maximum Gasteiger partial charge on any atom is 0.204 e. The van der Waals surface area contributed by atoms with Crippen LogP contribution in [0, 0.1) is 0 Å². The third-order valence-electron chi connectivity index (χ3n) is 4.66. The Kier molecular flexibility index (Phi) is 4.54. The minimum absolute atomic E-state index is 0.0417. The molecular weight excluding hydrogens is 374 g/mol. The first-order valence-electron chi connectivity index (χ1n) is 8.45. The Hall–Kier alpha value is -2.18. The Bertz CT molecular complexity index is 1020. The topological polar surface area (TPSA) is 62.9 Å². The SMILES string of the molecule is COc1cc(-c2csc3c(=O)cc(N4CCCCC4)oc23)cc(Cl)c1O. The molecule has 5 nitrogen and oxygen atoms in total. The van der Waals surface area contributed by atoms with Gasteiger partial charge in [-0.2, -0.15) is 0 Å². The Labute approximate surface area is 159 Å². The van der Waals surface area contributed by atoms with Crippen LogP contribution in [0.3, 0.4) is 0 Å². The lowest BCUT2D eigenvalue weighted by atomic mass is 10.1. The summed E-state index contributed by atoms with van der Waals surface area (Å²) in [5, 5.41) is 12.0. The summed E-state index contributed by atoms with van der Waals surface area (Å²) in [5.41, 5.74) is 2.00. The molecule has 1 aromatic carbocycles. The predicted molar refractivity (Wildman–Crippen MR) is 105 cm³/mol. The van der Waals surface area contributed by atoms with Gasteiger partial charge in [0, 0.05) is 30.1 Å². The van der Waals surface area contributed by atoms with E-state index in [1.807, 2.05) is 5.38 Å². The lowest BCUT2D eigenvalue weighted by molar-refractivity contribution is 0.374. The summed E-state index contributed by atoms with van der Waals surface area (Å²) >= 11 is 7.47. The van der Waals surface area contributed by atoms with Crippen molar-refractivity contribution in [2.24, 2.45) is 0 Å². The number of nitrogens with zero attached hydrogens (tertiary/aromatic N) is 1. The molecule has 1 N–H and O–H groups in total. The van der Waals surface area contributed by atoms with Crippen LogP contribution in [0.25, 0.3) is 21.4 Å². The lowest BCUT2D eigenvalue weighted by Gasteiger charge is -2.26. The number of halogens is 1. The van der Waals surface area contributed by atoms with Crippen LogP contribution in [0.1, 0.15) is 19.3 Å². The fourth-order valence-corrected chi connectivity index (χ4v) is 4.41. The molecule has 0 radical (unpaired) electrons. The highest BCUT2D eigenvalue weighted by molar-refractivity contribution is 7.17. The standard InChI is InChI=1S/C19H18ClNO4S/c1-24-15-8-11(7-13(20)17(15)23)12-10-26-19-14(22)9-16(25-18(12)19)21-5-3-2-4-6-21/h7-10,23H,2-6H2,1H3. The second-order valence-electron chi connectivity index (χ2n) is 6.31. The molecule has 3 aromatic rings. The normalized spacial score (nSPS) is 14.8. The monoisotopic (exact) mass is 391 g/mol. The fraction of sp³-hybridized carbons (Fsp3) is 0.316. The van der Waals surface area contributed by atoms with Crippen LogP contribution < -0.4 is 15.1 Å². The van der Waals surface area contributed by atoms with Gasteiger partial charge in [-0.15, -0.1) is 11.3 Å². The zero-order valence-corrected chi connectivity index (χ0v) is 15.8. The van der Waals surface area contributed by atoms with E-state index in [1.165, 1.54) is 24.9 Å². The molecular formula is C19H18ClNO4S. The van der Waals surface area contributed by atoms with Crippen molar-refractivity contribution in [2.75, 3.05) is 25.1 Å². The van der Waals surface area contributed by atoms with Crippen LogP contribution in [-0.4, -0.2) is 25.3 Å².